The van der Waals surface area contributed by atoms with Gasteiger partial charge in [0.25, 0.3) is 0 Å². The number of nitrogens with zero attached hydrogens (tertiary/aromatic N) is 4. The van der Waals surface area contributed by atoms with E-state index < -0.39 is 0 Å². The van der Waals surface area contributed by atoms with Crippen molar-refractivity contribution < 1.29 is 0 Å². The molecule has 4 heteroatoms. The maximum absolute atomic E-state index is 6.10. The molecule has 2 unspecified atom stereocenters. The summed E-state index contributed by atoms with van der Waals surface area (Å²) in [4.78, 5) is 17.2. The number of anilines is 3. The van der Waals surface area contributed by atoms with Gasteiger partial charge in [0.1, 0.15) is 0 Å². The zero-order chi connectivity index (χ0) is 60.1. The Morgan fingerprint density at radius 3 is 1.51 bits per heavy atom. The monoisotopic (exact) mass is 1150 g/mol. The lowest BCUT2D eigenvalue weighted by molar-refractivity contribution is 0.365. The molecule has 1 aliphatic heterocycles. The highest BCUT2D eigenvalue weighted by Gasteiger charge is 2.32. The van der Waals surface area contributed by atoms with Gasteiger partial charge in [-0.3, -0.25) is 0 Å². The number of para-hydroxylation sites is 2. The van der Waals surface area contributed by atoms with Gasteiger partial charge in [0.2, 0.25) is 0 Å². The van der Waals surface area contributed by atoms with Gasteiger partial charge in [-0.25, -0.2) is 9.97 Å². The predicted molar refractivity (Wildman–Crippen MR) is 376 cm³/mol. The molecular weight excluding hydrogens is 1080 g/mol. The van der Waals surface area contributed by atoms with Crippen molar-refractivity contribution in [3.05, 3.63) is 294 Å². The second kappa shape index (κ2) is 23.5. The van der Waals surface area contributed by atoms with Crippen LogP contribution in [0.15, 0.2) is 267 Å². The zero-order valence-electron chi connectivity index (χ0n) is 51.5. The molecule has 0 radical (unpaired) electrons. The summed E-state index contributed by atoms with van der Waals surface area (Å²) in [6.45, 7) is 13.6. The molecule has 0 amide bonds. The first-order chi connectivity index (χ1) is 43.8. The highest BCUT2D eigenvalue weighted by Crippen LogP contribution is 2.51. The average Bonchev–Trinajstić information content (AvgIpc) is 1.68. The lowest BCUT2D eigenvalue weighted by Gasteiger charge is -2.34. The standard InChI is InChI=1S/C85H72N4/c1-6-58-54-88(53-55(3)4)75(7-2)81-77(58)78(65-43-39-61(40-44-65)60-37-35-59(36-38-60)56(5)74(64-25-14-9-15-26-64)51-57-23-12-8-13-24-57)83-84(86-82-73-34-22-28-68-52-67-27-20-21-33-72(67)80(76(68)73)85(82)87-83)79(81)66-45-41-62(42-46-66)63-47-49-71(50-48-63)89(69-29-16-10-17-30-69)70-31-18-11-19-32-70/h8-50,52,55-56,74H,6-7,51,53-54H2,1-5H3. The van der Waals surface area contributed by atoms with Crippen molar-refractivity contribution in [2.24, 2.45) is 5.92 Å². The molecule has 0 saturated heterocycles. The van der Waals surface area contributed by atoms with Gasteiger partial charge in [-0.1, -0.05) is 259 Å². The summed E-state index contributed by atoms with van der Waals surface area (Å²) >= 11 is 0. The summed E-state index contributed by atoms with van der Waals surface area (Å²) in [5.41, 5.74) is 25.7. The van der Waals surface area contributed by atoms with E-state index in [1.165, 1.54) is 82.2 Å². The quantitative estimate of drug-likeness (QED) is 0.0903. The van der Waals surface area contributed by atoms with Gasteiger partial charge in [0, 0.05) is 68.7 Å². The van der Waals surface area contributed by atoms with Gasteiger partial charge < -0.3 is 9.80 Å². The number of rotatable bonds is 16. The van der Waals surface area contributed by atoms with Gasteiger partial charge in [-0.2, -0.15) is 0 Å². The third-order valence-electron chi connectivity index (χ3n) is 19.0. The van der Waals surface area contributed by atoms with Gasteiger partial charge in [-0.15, -0.1) is 0 Å². The predicted octanol–water partition coefficient (Wildman–Crippen LogP) is 20.9. The summed E-state index contributed by atoms with van der Waals surface area (Å²) in [7, 11) is 0. The minimum atomic E-state index is 0.315. The summed E-state index contributed by atoms with van der Waals surface area (Å²) in [6.07, 6.45) is 2.77. The molecule has 4 nitrogen and oxygen atoms in total. The van der Waals surface area contributed by atoms with Crippen molar-refractivity contribution >= 4 is 60.9 Å². The first-order valence-electron chi connectivity index (χ1n) is 32.0. The van der Waals surface area contributed by atoms with E-state index in [1.54, 1.807) is 0 Å². The van der Waals surface area contributed by atoms with Gasteiger partial charge in [-0.05, 0) is 157 Å². The Balaban J connectivity index is 0.900. The maximum Gasteiger partial charge on any atom is 0.0986 e. The number of fused-ring (bicyclic) bond motifs is 7. The molecule has 0 saturated carbocycles. The molecule has 2 heterocycles. The number of benzene rings is 12. The lowest BCUT2D eigenvalue weighted by Crippen LogP contribution is -2.46. The molecule has 0 bridgehead atoms. The highest BCUT2D eigenvalue weighted by atomic mass is 15.1. The molecule has 0 spiro atoms. The summed E-state index contributed by atoms with van der Waals surface area (Å²) < 4.78 is 0. The van der Waals surface area contributed by atoms with Crippen molar-refractivity contribution in [2.45, 2.75) is 65.7 Å². The van der Waals surface area contributed by atoms with Crippen molar-refractivity contribution in [1.82, 2.24) is 14.9 Å². The second-order valence-electron chi connectivity index (χ2n) is 24.9. The van der Waals surface area contributed by atoms with Crippen LogP contribution >= 0.6 is 0 Å². The molecular formula is C85H72N4. The molecule has 15 rings (SSSR count). The van der Waals surface area contributed by atoms with Crippen LogP contribution in [0, 0.1) is 5.92 Å². The van der Waals surface area contributed by atoms with Crippen LogP contribution in [-0.4, -0.2) is 28.0 Å². The van der Waals surface area contributed by atoms with E-state index in [0.717, 1.165) is 105 Å². The Bertz CT molecular complexity index is 4850. The highest BCUT2D eigenvalue weighted by molar-refractivity contribution is 6.23. The number of hydrogen-bond acceptors (Lipinski definition) is 4. The van der Waals surface area contributed by atoms with E-state index in [9.17, 15) is 0 Å². The van der Waals surface area contributed by atoms with Crippen LogP contribution in [0.1, 0.15) is 76.0 Å². The van der Waals surface area contributed by atoms with Crippen LogP contribution in [0.5, 0.6) is 0 Å². The fraction of sp³-hybridized carbons (Fsp3) is 0.153. The van der Waals surface area contributed by atoms with Gasteiger partial charge >= 0.3 is 0 Å². The summed E-state index contributed by atoms with van der Waals surface area (Å²) in [5, 5.41) is 7.47. The van der Waals surface area contributed by atoms with E-state index >= 15 is 0 Å². The van der Waals surface area contributed by atoms with Crippen LogP contribution in [0.3, 0.4) is 0 Å². The van der Waals surface area contributed by atoms with Crippen molar-refractivity contribution in [3.63, 3.8) is 0 Å². The van der Waals surface area contributed by atoms with Crippen LogP contribution in [0.25, 0.3) is 111 Å². The molecule has 432 valence electrons. The molecule has 1 aromatic heterocycles. The van der Waals surface area contributed by atoms with Gasteiger partial charge in [0.05, 0.1) is 22.4 Å². The Morgan fingerprint density at radius 2 is 0.921 bits per heavy atom. The minimum Gasteiger partial charge on any atom is -0.370 e. The minimum absolute atomic E-state index is 0.315. The Hall–Kier alpha value is -10.2. The molecule has 2 aliphatic rings. The third kappa shape index (κ3) is 10.1. The fourth-order valence-electron chi connectivity index (χ4n) is 14.7. The van der Waals surface area contributed by atoms with E-state index in [2.05, 4.69) is 311 Å². The lowest BCUT2D eigenvalue weighted by atomic mass is 9.79. The smallest absolute Gasteiger partial charge is 0.0986 e. The number of hydrogen-bond donors (Lipinski definition) is 0. The molecule has 1 aliphatic carbocycles. The Morgan fingerprint density at radius 1 is 0.427 bits per heavy atom. The largest absolute Gasteiger partial charge is 0.370 e. The fourth-order valence-corrected chi connectivity index (χ4v) is 14.7. The summed E-state index contributed by atoms with van der Waals surface area (Å²) in [5.74, 6) is 1.13. The van der Waals surface area contributed by atoms with E-state index in [1.807, 2.05) is 0 Å². The molecule has 0 fully saturated rings. The van der Waals surface area contributed by atoms with E-state index in [4.69, 9.17) is 9.97 Å². The molecule has 12 aromatic carbocycles. The average molecular weight is 1150 g/mol. The SMILES string of the molecule is CCC1=c2c(-c3ccc(-c4ccc(C(C)C(Cc5ccccc5)c5ccccc5)cc4)cc3)c3nc4c(nc3c(-c3ccc(-c5ccc(N(c6ccccc6)c6ccccc6)cc5)cc3)c2=C(CC)N(CC(C)C)C1)-c1cccc2cc3ccccc3c-4c12. The van der Waals surface area contributed by atoms with E-state index in [0.29, 0.717) is 17.8 Å². The molecule has 2 atom stereocenters. The van der Waals surface area contributed by atoms with Crippen molar-refractivity contribution in [2.75, 3.05) is 18.0 Å². The zero-order valence-corrected chi connectivity index (χ0v) is 51.5. The molecule has 89 heavy (non-hydrogen) atoms. The molecule has 13 aromatic rings. The first kappa shape index (κ1) is 55.4. The second-order valence-corrected chi connectivity index (χ2v) is 24.9. The number of aromatic nitrogens is 2. The van der Waals surface area contributed by atoms with Crippen LogP contribution in [0.2, 0.25) is 0 Å². The van der Waals surface area contributed by atoms with Crippen molar-refractivity contribution in [3.8, 4) is 67.0 Å². The Labute approximate surface area is 523 Å². The van der Waals surface area contributed by atoms with Crippen molar-refractivity contribution in [1.29, 1.82) is 0 Å². The van der Waals surface area contributed by atoms with Gasteiger partial charge in [0.15, 0.2) is 0 Å². The van der Waals surface area contributed by atoms with Crippen LogP contribution < -0.4 is 15.3 Å². The Kier molecular flexibility index (Phi) is 14.6. The summed E-state index contributed by atoms with van der Waals surface area (Å²) in [6, 6.07) is 98.3. The van der Waals surface area contributed by atoms with E-state index in [-0.39, 0.29) is 0 Å². The molecule has 0 N–H and O–H groups in total. The maximum atomic E-state index is 6.10. The van der Waals surface area contributed by atoms with Crippen LogP contribution in [-0.2, 0) is 6.42 Å². The first-order valence-corrected chi connectivity index (χ1v) is 32.0. The van der Waals surface area contributed by atoms with Crippen LogP contribution in [0.4, 0.5) is 17.1 Å². The normalized spacial score (nSPS) is 13.3. The topological polar surface area (TPSA) is 32.3 Å². The third-order valence-corrected chi connectivity index (χ3v) is 19.0.